The van der Waals surface area contributed by atoms with E-state index >= 15 is 0 Å². The molecule has 1 aromatic heterocycles. The summed E-state index contributed by atoms with van der Waals surface area (Å²) in [5, 5.41) is 3.27. The predicted molar refractivity (Wildman–Crippen MR) is 79.9 cm³/mol. The van der Waals surface area contributed by atoms with Crippen molar-refractivity contribution in [3.8, 4) is 11.4 Å². The maximum atomic E-state index is 14.2. The van der Waals surface area contributed by atoms with Gasteiger partial charge in [-0.05, 0) is 19.0 Å². The first-order valence-corrected chi connectivity index (χ1v) is 7.38. The molecule has 8 heteroatoms. The molecule has 0 bridgehead atoms. The van der Waals surface area contributed by atoms with E-state index in [-0.39, 0.29) is 11.4 Å². The number of hydrogen-bond acceptors (Lipinski definition) is 5. The molecule has 2 aromatic rings. The summed E-state index contributed by atoms with van der Waals surface area (Å²) in [6, 6.07) is 3.83. The summed E-state index contributed by atoms with van der Waals surface area (Å²) in [5.41, 5.74) is -0.692. The van der Waals surface area contributed by atoms with Crippen LogP contribution in [0.4, 0.5) is 19.1 Å². The van der Waals surface area contributed by atoms with Gasteiger partial charge in [-0.1, -0.05) is 12.1 Å². The molecule has 1 N–H and O–H groups in total. The van der Waals surface area contributed by atoms with E-state index in [2.05, 4.69) is 20.3 Å². The molecule has 1 saturated heterocycles. The van der Waals surface area contributed by atoms with Crippen molar-refractivity contribution in [3.63, 3.8) is 0 Å². The molecular weight excluding hydrogens is 307 g/mol. The molecule has 2 heterocycles. The molecule has 0 spiro atoms. The minimum Gasteiger partial charge on any atom is -0.339 e. The van der Waals surface area contributed by atoms with Gasteiger partial charge in [0, 0.05) is 19.6 Å². The lowest BCUT2D eigenvalue weighted by molar-refractivity contribution is 0.146. The van der Waals surface area contributed by atoms with Gasteiger partial charge in [-0.3, -0.25) is 0 Å². The molecule has 1 fully saturated rings. The van der Waals surface area contributed by atoms with Crippen LogP contribution in [-0.2, 0) is 0 Å². The van der Waals surface area contributed by atoms with Gasteiger partial charge in [0.05, 0.1) is 11.1 Å². The normalized spacial score (nSPS) is 15.7. The van der Waals surface area contributed by atoms with Crippen LogP contribution >= 0.6 is 0 Å². The molecule has 23 heavy (non-hydrogen) atoms. The van der Waals surface area contributed by atoms with E-state index in [0.29, 0.717) is 5.95 Å². The molecule has 0 amide bonds. The van der Waals surface area contributed by atoms with Crippen LogP contribution in [0.1, 0.15) is 18.4 Å². The van der Waals surface area contributed by atoms with Crippen LogP contribution in [-0.4, -0.2) is 41.1 Å². The standard InChI is InChI=1S/C15H16F3N5/c16-12-10(13(17)18)3-1-4-11(12)14-20-9-21-15(22-14)23-7-2-5-19-6-8-23/h1,3-4,9,13,19H,2,5-8H2. The highest BCUT2D eigenvalue weighted by Crippen LogP contribution is 2.28. The van der Waals surface area contributed by atoms with Gasteiger partial charge >= 0.3 is 0 Å². The lowest BCUT2D eigenvalue weighted by atomic mass is 10.1. The van der Waals surface area contributed by atoms with Gasteiger partial charge < -0.3 is 10.2 Å². The first kappa shape index (κ1) is 15.7. The summed E-state index contributed by atoms with van der Waals surface area (Å²) in [5.74, 6) is -0.495. The number of nitrogens with one attached hydrogen (secondary N) is 1. The van der Waals surface area contributed by atoms with E-state index in [9.17, 15) is 13.2 Å². The van der Waals surface area contributed by atoms with Gasteiger partial charge in [0.25, 0.3) is 6.43 Å². The fourth-order valence-corrected chi connectivity index (χ4v) is 2.51. The molecule has 0 radical (unpaired) electrons. The molecular formula is C15H16F3N5. The SMILES string of the molecule is Fc1c(-c2ncnc(N3CCCNCC3)n2)cccc1C(F)F. The van der Waals surface area contributed by atoms with Crippen LogP contribution in [0.3, 0.4) is 0 Å². The molecule has 122 valence electrons. The molecule has 0 aliphatic carbocycles. The van der Waals surface area contributed by atoms with Gasteiger partial charge in [-0.25, -0.2) is 23.1 Å². The van der Waals surface area contributed by atoms with Gasteiger partial charge in [-0.2, -0.15) is 4.98 Å². The van der Waals surface area contributed by atoms with Crippen LogP contribution in [0.15, 0.2) is 24.5 Å². The lowest BCUT2D eigenvalue weighted by Gasteiger charge is -2.19. The molecule has 0 saturated carbocycles. The van der Waals surface area contributed by atoms with Gasteiger partial charge in [0.1, 0.15) is 12.1 Å². The van der Waals surface area contributed by atoms with Crippen LogP contribution in [0.5, 0.6) is 0 Å². The van der Waals surface area contributed by atoms with Crippen LogP contribution in [0.2, 0.25) is 0 Å². The van der Waals surface area contributed by atoms with E-state index < -0.39 is 17.8 Å². The van der Waals surface area contributed by atoms with E-state index in [0.717, 1.165) is 38.7 Å². The van der Waals surface area contributed by atoms with E-state index in [1.807, 2.05) is 4.90 Å². The number of aromatic nitrogens is 3. The average molecular weight is 323 g/mol. The summed E-state index contributed by atoms with van der Waals surface area (Å²) >= 11 is 0. The number of halogens is 3. The number of rotatable bonds is 3. The third kappa shape index (κ3) is 3.42. The van der Waals surface area contributed by atoms with Gasteiger partial charge in [0.15, 0.2) is 5.82 Å². The molecule has 0 atom stereocenters. The Hall–Kier alpha value is -2.22. The largest absolute Gasteiger partial charge is 0.339 e. The van der Waals surface area contributed by atoms with E-state index in [1.165, 1.54) is 18.5 Å². The molecule has 1 aliphatic rings. The average Bonchev–Trinajstić information content (AvgIpc) is 2.84. The minimum absolute atomic E-state index is 0.0422. The summed E-state index contributed by atoms with van der Waals surface area (Å²) in [4.78, 5) is 14.3. The Balaban J connectivity index is 1.95. The third-order valence-corrected chi connectivity index (χ3v) is 3.69. The Bertz CT molecular complexity index is 672. The highest BCUT2D eigenvalue weighted by molar-refractivity contribution is 5.58. The number of hydrogen-bond donors (Lipinski definition) is 1. The smallest absolute Gasteiger partial charge is 0.266 e. The highest BCUT2D eigenvalue weighted by atomic mass is 19.3. The zero-order chi connectivity index (χ0) is 16.2. The monoisotopic (exact) mass is 323 g/mol. The van der Waals surface area contributed by atoms with E-state index in [1.54, 1.807) is 0 Å². The molecule has 1 aliphatic heterocycles. The Morgan fingerprint density at radius 2 is 2.00 bits per heavy atom. The summed E-state index contributed by atoms with van der Waals surface area (Å²) < 4.78 is 39.9. The van der Waals surface area contributed by atoms with Crippen molar-refractivity contribution in [1.29, 1.82) is 0 Å². The van der Waals surface area contributed by atoms with Crippen molar-refractivity contribution >= 4 is 5.95 Å². The van der Waals surface area contributed by atoms with Crippen molar-refractivity contribution in [2.45, 2.75) is 12.8 Å². The summed E-state index contributed by atoms with van der Waals surface area (Å²) in [6.07, 6.45) is -0.659. The Labute approximate surface area is 131 Å². The number of benzene rings is 1. The van der Waals surface area contributed by atoms with Crippen molar-refractivity contribution in [1.82, 2.24) is 20.3 Å². The second-order valence-electron chi connectivity index (χ2n) is 5.21. The topological polar surface area (TPSA) is 53.9 Å². The Kier molecular flexibility index (Phi) is 4.71. The van der Waals surface area contributed by atoms with Gasteiger partial charge in [0.2, 0.25) is 5.95 Å². The van der Waals surface area contributed by atoms with Crippen molar-refractivity contribution in [3.05, 3.63) is 35.9 Å². The highest BCUT2D eigenvalue weighted by Gasteiger charge is 2.20. The van der Waals surface area contributed by atoms with Crippen molar-refractivity contribution < 1.29 is 13.2 Å². The number of alkyl halides is 2. The quantitative estimate of drug-likeness (QED) is 0.940. The zero-order valence-corrected chi connectivity index (χ0v) is 12.3. The lowest BCUT2D eigenvalue weighted by Crippen LogP contribution is -2.29. The second-order valence-corrected chi connectivity index (χ2v) is 5.21. The number of anilines is 1. The predicted octanol–water partition coefficient (Wildman–Crippen LogP) is 2.42. The molecule has 5 nitrogen and oxygen atoms in total. The van der Waals surface area contributed by atoms with Crippen molar-refractivity contribution in [2.24, 2.45) is 0 Å². The number of nitrogens with zero attached hydrogens (tertiary/aromatic N) is 4. The maximum absolute atomic E-state index is 14.2. The van der Waals surface area contributed by atoms with Crippen molar-refractivity contribution in [2.75, 3.05) is 31.1 Å². The third-order valence-electron chi connectivity index (χ3n) is 3.69. The first-order valence-electron chi connectivity index (χ1n) is 7.38. The zero-order valence-electron chi connectivity index (χ0n) is 12.3. The molecule has 0 unspecified atom stereocenters. The minimum atomic E-state index is -2.88. The van der Waals surface area contributed by atoms with E-state index in [4.69, 9.17) is 0 Å². The first-order chi connectivity index (χ1) is 11.2. The molecule has 1 aromatic carbocycles. The second kappa shape index (κ2) is 6.91. The maximum Gasteiger partial charge on any atom is 0.266 e. The summed E-state index contributed by atoms with van der Waals surface area (Å²) in [7, 11) is 0. The fourth-order valence-electron chi connectivity index (χ4n) is 2.51. The van der Waals surface area contributed by atoms with Crippen LogP contribution in [0.25, 0.3) is 11.4 Å². The fraction of sp³-hybridized carbons (Fsp3) is 0.400. The Morgan fingerprint density at radius 3 is 2.83 bits per heavy atom. The van der Waals surface area contributed by atoms with Crippen LogP contribution < -0.4 is 10.2 Å². The molecule has 3 rings (SSSR count). The Morgan fingerprint density at radius 1 is 1.13 bits per heavy atom. The van der Waals surface area contributed by atoms with Gasteiger partial charge in [-0.15, -0.1) is 0 Å². The van der Waals surface area contributed by atoms with Crippen LogP contribution in [0, 0.1) is 5.82 Å². The summed E-state index contributed by atoms with van der Waals surface area (Å²) in [6.45, 7) is 3.22.